The Hall–Kier alpha value is -3.03. The van der Waals surface area contributed by atoms with Crippen molar-refractivity contribution in [1.29, 1.82) is 0 Å². The molecule has 8 heteroatoms. The predicted molar refractivity (Wildman–Crippen MR) is 103 cm³/mol. The van der Waals surface area contributed by atoms with Crippen molar-refractivity contribution >= 4 is 17.6 Å². The Kier molecular flexibility index (Phi) is 6.18. The first kappa shape index (κ1) is 19.7. The summed E-state index contributed by atoms with van der Waals surface area (Å²) in [5.74, 6) is -1.32. The highest BCUT2D eigenvalue weighted by Crippen LogP contribution is 2.27. The number of hydrogen-bond acceptors (Lipinski definition) is 5. The molecule has 6 nitrogen and oxygen atoms in total. The van der Waals surface area contributed by atoms with E-state index < -0.39 is 17.8 Å². The average Bonchev–Trinajstić information content (AvgIpc) is 2.64. The van der Waals surface area contributed by atoms with Crippen molar-refractivity contribution in [2.45, 2.75) is 18.9 Å². The van der Waals surface area contributed by atoms with E-state index in [9.17, 15) is 9.18 Å². The van der Waals surface area contributed by atoms with E-state index in [2.05, 4.69) is 9.97 Å². The van der Waals surface area contributed by atoms with Gasteiger partial charge in [-0.25, -0.2) is 9.37 Å². The largest absolute Gasteiger partial charge is 0.481 e. The molecule has 0 unspecified atom stereocenters. The second kappa shape index (κ2) is 8.77. The molecule has 1 aromatic carbocycles. The van der Waals surface area contributed by atoms with E-state index in [1.807, 2.05) is 6.07 Å². The smallest absolute Gasteiger partial charge is 0.304 e. The lowest BCUT2D eigenvalue weighted by Crippen LogP contribution is -2.26. The third kappa shape index (κ3) is 5.25. The third-order valence-electron chi connectivity index (χ3n) is 3.90. The predicted octanol–water partition coefficient (Wildman–Crippen LogP) is 4.07. The van der Waals surface area contributed by atoms with Gasteiger partial charge in [-0.15, -0.1) is 0 Å². The summed E-state index contributed by atoms with van der Waals surface area (Å²) >= 11 is 5.68. The van der Waals surface area contributed by atoms with Crippen LogP contribution in [0.25, 0.3) is 11.3 Å². The van der Waals surface area contributed by atoms with Gasteiger partial charge in [0.15, 0.2) is 5.82 Å². The number of benzene rings is 1. The third-order valence-corrected chi connectivity index (χ3v) is 4.10. The van der Waals surface area contributed by atoms with Gasteiger partial charge in [0, 0.05) is 24.0 Å². The van der Waals surface area contributed by atoms with Gasteiger partial charge in [0.05, 0.1) is 17.1 Å². The van der Waals surface area contributed by atoms with Crippen LogP contribution in [0.15, 0.2) is 54.9 Å². The minimum atomic E-state index is -0.927. The molecule has 0 aliphatic carbocycles. The van der Waals surface area contributed by atoms with Gasteiger partial charge < -0.3 is 15.6 Å². The maximum Gasteiger partial charge on any atom is 0.304 e. The van der Waals surface area contributed by atoms with Crippen LogP contribution in [0.5, 0.6) is 11.6 Å². The van der Waals surface area contributed by atoms with E-state index in [0.29, 0.717) is 17.9 Å². The first-order valence-electron chi connectivity index (χ1n) is 8.42. The van der Waals surface area contributed by atoms with Crippen molar-refractivity contribution in [3.63, 3.8) is 0 Å². The molecule has 2 heterocycles. The molecule has 0 aliphatic rings. The summed E-state index contributed by atoms with van der Waals surface area (Å²) in [6.45, 7) is 0. The van der Waals surface area contributed by atoms with Crippen molar-refractivity contribution in [3.05, 3.63) is 71.3 Å². The van der Waals surface area contributed by atoms with Crippen LogP contribution in [-0.4, -0.2) is 27.1 Å². The molecule has 0 bridgehead atoms. The Morgan fingerprint density at radius 1 is 1.21 bits per heavy atom. The maximum atomic E-state index is 13.8. The molecule has 3 N–H and O–H groups in total. The molecule has 0 spiro atoms. The Morgan fingerprint density at radius 2 is 1.96 bits per heavy atom. The Balaban J connectivity index is 1.72. The lowest BCUT2D eigenvalue weighted by Gasteiger charge is -2.10. The summed E-state index contributed by atoms with van der Waals surface area (Å²) in [7, 11) is 0. The Labute approximate surface area is 165 Å². The van der Waals surface area contributed by atoms with Gasteiger partial charge in [-0.3, -0.25) is 9.78 Å². The first-order chi connectivity index (χ1) is 13.4. The van der Waals surface area contributed by atoms with E-state index >= 15 is 0 Å². The van der Waals surface area contributed by atoms with E-state index in [4.69, 9.17) is 27.2 Å². The fourth-order valence-electron chi connectivity index (χ4n) is 2.64. The van der Waals surface area contributed by atoms with Gasteiger partial charge in [0.25, 0.3) is 5.88 Å². The number of rotatable bonds is 7. The zero-order valence-corrected chi connectivity index (χ0v) is 15.4. The van der Waals surface area contributed by atoms with E-state index in [1.165, 1.54) is 6.20 Å². The topological polar surface area (TPSA) is 98.3 Å². The Morgan fingerprint density at radius 3 is 2.64 bits per heavy atom. The number of nitrogens with two attached hydrogens (primary N) is 1. The summed E-state index contributed by atoms with van der Waals surface area (Å²) in [4.78, 5) is 18.9. The molecule has 3 aromatic rings. The van der Waals surface area contributed by atoms with Crippen LogP contribution in [0, 0.1) is 5.82 Å². The highest BCUT2D eigenvalue weighted by Gasteiger charge is 2.11. The summed E-state index contributed by atoms with van der Waals surface area (Å²) < 4.78 is 19.2. The Bertz CT molecular complexity index is 983. The second-order valence-corrected chi connectivity index (χ2v) is 6.61. The van der Waals surface area contributed by atoms with Gasteiger partial charge in [-0.2, -0.15) is 0 Å². The lowest BCUT2D eigenvalue weighted by atomic mass is 10.0. The number of pyridine rings is 2. The number of carbonyl (C=O) groups is 1. The number of halogens is 2. The van der Waals surface area contributed by atoms with Gasteiger partial charge >= 0.3 is 5.97 Å². The van der Waals surface area contributed by atoms with Crippen LogP contribution in [-0.2, 0) is 11.2 Å². The molecule has 0 saturated carbocycles. The molecule has 0 amide bonds. The van der Waals surface area contributed by atoms with Gasteiger partial charge in [0.2, 0.25) is 0 Å². The average molecular weight is 402 g/mol. The quantitative estimate of drug-likeness (QED) is 0.619. The molecule has 0 radical (unpaired) electrons. The molecular weight excluding hydrogens is 385 g/mol. The van der Waals surface area contributed by atoms with Crippen LogP contribution in [0.2, 0.25) is 5.02 Å². The van der Waals surface area contributed by atoms with Gasteiger partial charge in [-0.05, 0) is 54.4 Å². The first-order valence-corrected chi connectivity index (χ1v) is 8.80. The minimum Gasteiger partial charge on any atom is -0.481 e. The summed E-state index contributed by atoms with van der Waals surface area (Å²) in [5, 5.41) is 9.01. The zero-order chi connectivity index (χ0) is 20.1. The molecule has 2 aromatic heterocycles. The van der Waals surface area contributed by atoms with E-state index in [0.717, 1.165) is 17.2 Å². The standard InChI is InChI=1S/C20H17ClFN3O3/c21-14-9-17(22)20(25-11-14)28-16-3-1-13(2-4-16)18-8-12(5-6-24-18)7-15(23)10-19(26)27/h1-6,8-9,11,15H,7,10,23H2,(H,26,27)/t15-/m0/s1. The number of carboxylic acids is 1. The molecular formula is C20H17ClFN3O3. The van der Waals surface area contributed by atoms with Crippen LogP contribution in [0.4, 0.5) is 4.39 Å². The molecule has 1 atom stereocenters. The fraction of sp³-hybridized carbons (Fsp3) is 0.150. The molecule has 3 rings (SSSR count). The molecule has 144 valence electrons. The van der Waals surface area contributed by atoms with Crippen molar-refractivity contribution in [2.24, 2.45) is 5.73 Å². The molecule has 0 aliphatic heterocycles. The summed E-state index contributed by atoms with van der Waals surface area (Å²) in [6, 6.07) is 11.2. The monoisotopic (exact) mass is 401 g/mol. The fourth-order valence-corrected chi connectivity index (χ4v) is 2.79. The van der Waals surface area contributed by atoms with Crippen LogP contribution < -0.4 is 10.5 Å². The number of aromatic nitrogens is 2. The van der Waals surface area contributed by atoms with E-state index in [1.54, 1.807) is 36.5 Å². The normalized spacial score (nSPS) is 11.8. The SMILES string of the molecule is N[C@H](CC(=O)O)Cc1ccnc(-c2ccc(Oc3ncc(Cl)cc3F)cc2)c1. The summed E-state index contributed by atoms with van der Waals surface area (Å²) in [5.41, 5.74) is 8.28. The van der Waals surface area contributed by atoms with Crippen LogP contribution in [0.1, 0.15) is 12.0 Å². The molecule has 0 fully saturated rings. The van der Waals surface area contributed by atoms with Gasteiger partial charge in [0.1, 0.15) is 5.75 Å². The number of ether oxygens (including phenoxy) is 1. The molecule has 0 saturated heterocycles. The van der Waals surface area contributed by atoms with Gasteiger partial charge in [-0.1, -0.05) is 11.6 Å². The van der Waals surface area contributed by atoms with Crippen LogP contribution in [0.3, 0.4) is 0 Å². The summed E-state index contributed by atoms with van der Waals surface area (Å²) in [6.07, 6.45) is 3.29. The van der Waals surface area contributed by atoms with Crippen molar-refractivity contribution in [3.8, 4) is 22.9 Å². The maximum absolute atomic E-state index is 13.8. The van der Waals surface area contributed by atoms with E-state index in [-0.39, 0.29) is 17.3 Å². The van der Waals surface area contributed by atoms with Crippen molar-refractivity contribution in [2.75, 3.05) is 0 Å². The lowest BCUT2D eigenvalue weighted by molar-refractivity contribution is -0.137. The zero-order valence-electron chi connectivity index (χ0n) is 14.7. The van der Waals surface area contributed by atoms with Crippen LogP contribution >= 0.6 is 11.6 Å². The van der Waals surface area contributed by atoms with Crippen molar-refractivity contribution in [1.82, 2.24) is 9.97 Å². The van der Waals surface area contributed by atoms with Crippen molar-refractivity contribution < 1.29 is 19.0 Å². The number of aliphatic carboxylic acids is 1. The number of carboxylic acid groups (broad SMARTS) is 1. The molecule has 28 heavy (non-hydrogen) atoms. The highest BCUT2D eigenvalue weighted by molar-refractivity contribution is 6.30. The highest BCUT2D eigenvalue weighted by atomic mass is 35.5. The second-order valence-electron chi connectivity index (χ2n) is 6.18. The number of hydrogen-bond donors (Lipinski definition) is 2. The number of nitrogens with zero attached hydrogens (tertiary/aromatic N) is 2. The minimum absolute atomic E-state index is 0.0982.